The van der Waals surface area contributed by atoms with E-state index in [0.717, 1.165) is 69.8 Å². The average Bonchev–Trinajstić information content (AvgIpc) is 4.04. The van der Waals surface area contributed by atoms with Crippen molar-refractivity contribution in [1.82, 2.24) is 15.3 Å². The van der Waals surface area contributed by atoms with Crippen LogP contribution >= 0.6 is 0 Å². The Kier molecular flexibility index (Phi) is 20.2. The lowest BCUT2D eigenvalue weighted by molar-refractivity contribution is 0.508. The Bertz CT molecular complexity index is 1870. The van der Waals surface area contributed by atoms with Gasteiger partial charge >= 0.3 is 0 Å². The molecule has 0 bridgehead atoms. The lowest BCUT2D eigenvalue weighted by Gasteiger charge is -2.33. The van der Waals surface area contributed by atoms with Crippen LogP contribution in [0.5, 0.6) is 0 Å². The van der Waals surface area contributed by atoms with Gasteiger partial charge < -0.3 is 11.5 Å². The number of benzene rings is 4. The van der Waals surface area contributed by atoms with E-state index < -0.39 is 0 Å². The Morgan fingerprint density at radius 3 is 1.53 bits per heavy atom. The molecule has 2 heterocycles. The van der Waals surface area contributed by atoms with E-state index in [9.17, 15) is 0 Å². The van der Waals surface area contributed by atoms with E-state index in [1.165, 1.54) is 19.7 Å². The molecule has 1 unspecified atom stereocenters. The molecule has 1 aliphatic heterocycles. The number of nitrogens with two attached hydrogens (primary N) is 2. The van der Waals surface area contributed by atoms with E-state index in [2.05, 4.69) is 109 Å². The highest BCUT2D eigenvalue weighted by Crippen LogP contribution is 2.48. The van der Waals surface area contributed by atoms with E-state index in [4.69, 9.17) is 15.0 Å². The fraction of sp³-hybridized carbons (Fsp3) is 0.298. The summed E-state index contributed by atoms with van der Waals surface area (Å²) in [5, 5.41) is 4.00. The van der Waals surface area contributed by atoms with Crippen molar-refractivity contribution in [2.75, 3.05) is 14.1 Å². The average molecular weight is 711 g/mol. The number of hydrogen-bond acceptors (Lipinski definition) is 6. The third-order valence-corrected chi connectivity index (χ3v) is 8.40. The molecule has 1 fully saturated rings. The van der Waals surface area contributed by atoms with Crippen LogP contribution in [-0.2, 0) is 0 Å². The quantitative estimate of drug-likeness (QED) is 0.152. The number of aromatic nitrogens is 2. The van der Waals surface area contributed by atoms with Gasteiger partial charge in [0.05, 0.1) is 45.4 Å². The molecule has 1 aliphatic carbocycles. The molecular weight excluding hydrogens is 649 g/mol. The summed E-state index contributed by atoms with van der Waals surface area (Å²) in [5.41, 5.74) is 19.2. The van der Waals surface area contributed by atoms with Crippen molar-refractivity contribution >= 4 is 16.7 Å². The van der Waals surface area contributed by atoms with Crippen molar-refractivity contribution in [3.8, 4) is 22.5 Å². The first kappa shape index (κ1) is 44.2. The molecule has 0 amide bonds. The maximum atomic E-state index is 5.36. The van der Waals surface area contributed by atoms with E-state index in [-0.39, 0.29) is 11.6 Å². The van der Waals surface area contributed by atoms with Crippen LogP contribution in [0.1, 0.15) is 84.9 Å². The number of rotatable bonds is 6. The van der Waals surface area contributed by atoms with Gasteiger partial charge in [-0.2, -0.15) is 0 Å². The number of hydrogen-bond donors (Lipinski definition) is 3. The van der Waals surface area contributed by atoms with Gasteiger partial charge in [0.15, 0.2) is 0 Å². The first-order valence-electron chi connectivity index (χ1n) is 19.0. The van der Waals surface area contributed by atoms with Crippen molar-refractivity contribution in [3.05, 3.63) is 156 Å². The number of nitrogens with one attached hydrogen (secondary N) is 1. The number of para-hydroxylation sites is 2. The van der Waals surface area contributed by atoms with Crippen LogP contribution in [0.3, 0.4) is 0 Å². The van der Waals surface area contributed by atoms with Crippen molar-refractivity contribution in [2.24, 2.45) is 16.5 Å². The van der Waals surface area contributed by atoms with Gasteiger partial charge in [-0.3, -0.25) is 10.3 Å². The van der Waals surface area contributed by atoms with Crippen molar-refractivity contribution in [3.63, 3.8) is 0 Å². The lowest BCUT2D eigenvalue weighted by Crippen LogP contribution is -2.44. The Balaban J connectivity index is 0.000000730. The summed E-state index contributed by atoms with van der Waals surface area (Å²) in [6, 6.07) is 37.8. The van der Waals surface area contributed by atoms with Crippen LogP contribution in [0.15, 0.2) is 150 Å². The summed E-state index contributed by atoms with van der Waals surface area (Å²) in [7, 11) is 3.00. The fourth-order valence-electron chi connectivity index (χ4n) is 5.72. The molecule has 1 aromatic heterocycles. The zero-order chi connectivity index (χ0) is 39.1. The summed E-state index contributed by atoms with van der Waals surface area (Å²) in [4.78, 5) is 15.5. The van der Waals surface area contributed by atoms with Gasteiger partial charge in [0.25, 0.3) is 0 Å². The molecule has 1 atom stereocenters. The third kappa shape index (κ3) is 11.7. The molecule has 6 heteroatoms. The first-order chi connectivity index (χ1) is 26.2. The molecule has 4 aromatic carbocycles. The van der Waals surface area contributed by atoms with E-state index in [0.29, 0.717) is 0 Å². The topological polar surface area (TPSA) is 102 Å². The maximum Gasteiger partial charge on any atom is 0.0973 e. The normalized spacial score (nSPS) is 15.6. The number of fused-ring (bicyclic) bond motifs is 1. The van der Waals surface area contributed by atoms with Gasteiger partial charge in [0, 0.05) is 11.1 Å². The molecule has 5 N–H and O–H groups in total. The van der Waals surface area contributed by atoms with Gasteiger partial charge in [-0.1, -0.05) is 155 Å². The van der Waals surface area contributed by atoms with Crippen molar-refractivity contribution < 1.29 is 0 Å². The van der Waals surface area contributed by atoms with Crippen LogP contribution in [0, 0.1) is 0 Å². The second-order valence-electron chi connectivity index (χ2n) is 11.5. The van der Waals surface area contributed by atoms with Gasteiger partial charge in [-0.05, 0) is 77.4 Å². The third-order valence-electron chi connectivity index (χ3n) is 8.40. The summed E-state index contributed by atoms with van der Waals surface area (Å²) >= 11 is 0. The highest BCUT2D eigenvalue weighted by molar-refractivity contribution is 6.06. The van der Waals surface area contributed by atoms with E-state index in [1.807, 2.05) is 96.2 Å². The zero-order valence-electron chi connectivity index (χ0n) is 33.5. The molecule has 0 radical (unpaired) electrons. The Labute approximate surface area is 319 Å². The smallest absolute Gasteiger partial charge is 0.0973 e. The molecule has 1 saturated carbocycles. The summed E-state index contributed by atoms with van der Waals surface area (Å²) < 4.78 is 0. The first-order valence-corrected chi connectivity index (χ1v) is 19.0. The molecule has 2 aliphatic rings. The number of allylic oxidation sites excluding steroid dienone is 5. The van der Waals surface area contributed by atoms with Crippen LogP contribution in [0.25, 0.3) is 33.5 Å². The molecule has 7 rings (SSSR count). The van der Waals surface area contributed by atoms with Crippen molar-refractivity contribution in [2.45, 2.75) is 79.3 Å². The lowest BCUT2D eigenvalue weighted by atomic mass is 9.91. The maximum absolute atomic E-state index is 5.36. The Morgan fingerprint density at radius 1 is 0.604 bits per heavy atom. The summed E-state index contributed by atoms with van der Waals surface area (Å²) in [6.45, 7) is 14.1. The second kappa shape index (κ2) is 24.3. The Hall–Kier alpha value is -5.01. The molecule has 5 aromatic rings. The molecule has 6 nitrogen and oxygen atoms in total. The second-order valence-corrected chi connectivity index (χ2v) is 11.5. The molecule has 53 heavy (non-hydrogen) atoms. The SMILES string of the molecule is C/C=C\C.C/C=C\C/C=C1/N=C(c2ccc(-c3nc4ccccc4nc3-c3ccccc3)cc2)C(c2ccccc2)NC12CC2.CC.CC.CN.CN. The molecule has 1 spiro atoms. The highest BCUT2D eigenvalue weighted by atomic mass is 15.1. The van der Waals surface area contributed by atoms with Gasteiger partial charge in [-0.25, -0.2) is 9.97 Å². The summed E-state index contributed by atoms with van der Waals surface area (Å²) in [6.07, 6.45) is 13.7. The van der Waals surface area contributed by atoms with E-state index in [1.54, 1.807) is 0 Å². The molecule has 280 valence electrons. The van der Waals surface area contributed by atoms with Crippen LogP contribution in [0.2, 0.25) is 0 Å². The minimum Gasteiger partial charge on any atom is -0.333 e. The fourth-order valence-corrected chi connectivity index (χ4v) is 5.72. The summed E-state index contributed by atoms with van der Waals surface area (Å²) in [5.74, 6) is 0. The number of nitrogens with zero attached hydrogens (tertiary/aromatic N) is 3. The Morgan fingerprint density at radius 2 is 1.06 bits per heavy atom. The van der Waals surface area contributed by atoms with Crippen LogP contribution in [-0.4, -0.2) is 35.3 Å². The van der Waals surface area contributed by atoms with Crippen molar-refractivity contribution in [1.29, 1.82) is 0 Å². The molecule has 0 saturated heterocycles. The molecular formula is C47H62N6. The highest BCUT2D eigenvalue weighted by Gasteiger charge is 2.50. The van der Waals surface area contributed by atoms with Crippen LogP contribution in [0.4, 0.5) is 0 Å². The predicted octanol–water partition coefficient (Wildman–Crippen LogP) is 11.3. The van der Waals surface area contributed by atoms with Crippen LogP contribution < -0.4 is 16.8 Å². The number of aliphatic imine (C=N–C) groups is 1. The van der Waals surface area contributed by atoms with E-state index >= 15 is 0 Å². The zero-order valence-corrected chi connectivity index (χ0v) is 33.5. The van der Waals surface area contributed by atoms with Gasteiger partial charge in [0.1, 0.15) is 0 Å². The minimum absolute atomic E-state index is 0.0171. The van der Waals surface area contributed by atoms with Gasteiger partial charge in [-0.15, -0.1) is 0 Å². The predicted molar refractivity (Wildman–Crippen MR) is 232 cm³/mol. The standard InChI is InChI=1S/C37H32N4.C4H8.2C2H6.2CH5N/c1-2-3-6-19-32-37(24-25-37)41-36(27-15-9-5-10-16-27)35(40-32)29-22-20-28(21-23-29)34-33(26-13-7-4-8-14-26)38-30-17-11-12-18-31(30)39-34;1-3-4-2;4*1-2/h2-5,7-23,36,41H,6,24-25H2,1H3;3-4H,1-2H3;2*1-2H3;2*2H2,1H3/b3-2-,32-19+;4-3-;;;;. The largest absolute Gasteiger partial charge is 0.333 e. The monoisotopic (exact) mass is 711 g/mol. The minimum atomic E-state index is -0.0171. The van der Waals surface area contributed by atoms with Gasteiger partial charge in [0.2, 0.25) is 0 Å².